The molecule has 3 aliphatic carbocycles. The lowest BCUT2D eigenvalue weighted by Gasteiger charge is -2.42. The second-order valence-corrected chi connectivity index (χ2v) is 4.58. The van der Waals surface area contributed by atoms with Crippen LogP contribution in [0.5, 0.6) is 0 Å². The maximum atomic E-state index is 11.5. The number of fused-ring (bicyclic) bond motifs is 2. The molecule has 0 spiro atoms. The summed E-state index contributed by atoms with van der Waals surface area (Å²) in [5, 5.41) is 2.48. The summed E-state index contributed by atoms with van der Waals surface area (Å²) >= 11 is 0. The molecular weight excluding hydrogens is 166 g/mol. The topological polar surface area (TPSA) is 46.2 Å². The summed E-state index contributed by atoms with van der Waals surface area (Å²) in [5.74, 6) is 1.09. The Bertz CT molecular complexity index is 251. The Morgan fingerprint density at radius 3 is 1.62 bits per heavy atom. The number of amides is 2. The number of carbonyl (C=O) groups excluding carboxylic acids is 2. The number of hydrogen-bond acceptors (Lipinski definition) is 2. The molecule has 0 aromatic heterocycles. The zero-order valence-corrected chi connectivity index (χ0v) is 7.45. The summed E-state index contributed by atoms with van der Waals surface area (Å²) in [4.78, 5) is 23.0. The summed E-state index contributed by atoms with van der Waals surface area (Å²) in [6.45, 7) is 0. The minimum atomic E-state index is 0.00407. The van der Waals surface area contributed by atoms with Crippen molar-refractivity contribution in [3.05, 3.63) is 0 Å². The lowest BCUT2D eigenvalue weighted by Crippen LogP contribution is -2.41. The SMILES string of the molecule is O=C1NC(=O)C2C3CCC(CC3)C12. The molecule has 1 N–H and O–H groups in total. The summed E-state index contributed by atoms with van der Waals surface area (Å²) in [6.07, 6.45) is 4.64. The fourth-order valence-electron chi connectivity index (χ4n) is 3.49. The van der Waals surface area contributed by atoms with Gasteiger partial charge in [-0.05, 0) is 37.5 Å². The average molecular weight is 179 g/mol. The lowest BCUT2D eigenvalue weighted by molar-refractivity contribution is -0.129. The van der Waals surface area contributed by atoms with Gasteiger partial charge in [-0.3, -0.25) is 14.9 Å². The fourth-order valence-corrected chi connectivity index (χ4v) is 3.49. The molecule has 0 aromatic rings. The second kappa shape index (κ2) is 2.34. The molecule has 2 amide bonds. The molecule has 3 saturated carbocycles. The highest BCUT2D eigenvalue weighted by atomic mass is 16.2. The Hall–Kier alpha value is -0.860. The van der Waals surface area contributed by atoms with Crippen LogP contribution >= 0.6 is 0 Å². The van der Waals surface area contributed by atoms with Gasteiger partial charge in [0.25, 0.3) is 0 Å². The van der Waals surface area contributed by atoms with Crippen LogP contribution in [0.1, 0.15) is 25.7 Å². The molecule has 0 aromatic carbocycles. The van der Waals surface area contributed by atoms with E-state index >= 15 is 0 Å². The Morgan fingerprint density at radius 2 is 1.23 bits per heavy atom. The Kier molecular flexibility index (Phi) is 1.35. The molecule has 3 nitrogen and oxygen atoms in total. The van der Waals surface area contributed by atoms with Gasteiger partial charge in [-0.1, -0.05) is 0 Å². The van der Waals surface area contributed by atoms with Crippen LogP contribution in [0, 0.1) is 23.7 Å². The highest BCUT2D eigenvalue weighted by Crippen LogP contribution is 2.50. The summed E-state index contributed by atoms with van der Waals surface area (Å²) in [6, 6.07) is 0. The minimum Gasteiger partial charge on any atom is -0.296 e. The first-order chi connectivity index (χ1) is 6.27. The van der Waals surface area contributed by atoms with Crippen molar-refractivity contribution in [2.75, 3.05) is 0 Å². The molecule has 1 saturated heterocycles. The van der Waals surface area contributed by atoms with Gasteiger partial charge in [-0.25, -0.2) is 0 Å². The molecule has 2 unspecified atom stereocenters. The quantitative estimate of drug-likeness (QED) is 0.556. The molecule has 13 heavy (non-hydrogen) atoms. The van der Waals surface area contributed by atoms with Crippen molar-refractivity contribution in [3.8, 4) is 0 Å². The molecule has 0 radical (unpaired) electrons. The molecule has 3 heteroatoms. The van der Waals surface area contributed by atoms with E-state index in [1.54, 1.807) is 0 Å². The molecule has 70 valence electrons. The number of hydrogen-bond donors (Lipinski definition) is 1. The fraction of sp³-hybridized carbons (Fsp3) is 0.800. The van der Waals surface area contributed by atoms with Gasteiger partial charge in [0.1, 0.15) is 0 Å². The van der Waals surface area contributed by atoms with Crippen molar-refractivity contribution in [1.82, 2.24) is 5.32 Å². The van der Waals surface area contributed by atoms with Gasteiger partial charge in [0, 0.05) is 0 Å². The smallest absolute Gasteiger partial charge is 0.230 e. The number of imide groups is 1. The van der Waals surface area contributed by atoms with Crippen molar-refractivity contribution in [2.24, 2.45) is 23.7 Å². The summed E-state index contributed by atoms with van der Waals surface area (Å²) in [7, 11) is 0. The van der Waals surface area contributed by atoms with E-state index in [1.807, 2.05) is 0 Å². The van der Waals surface area contributed by atoms with E-state index in [4.69, 9.17) is 0 Å². The first-order valence-electron chi connectivity index (χ1n) is 5.12. The van der Waals surface area contributed by atoms with E-state index in [0.717, 1.165) is 25.7 Å². The number of carbonyl (C=O) groups is 2. The van der Waals surface area contributed by atoms with Crippen molar-refractivity contribution in [2.45, 2.75) is 25.7 Å². The molecule has 4 fully saturated rings. The van der Waals surface area contributed by atoms with Crippen molar-refractivity contribution in [1.29, 1.82) is 0 Å². The monoisotopic (exact) mass is 179 g/mol. The van der Waals surface area contributed by atoms with Crippen LogP contribution in [0.15, 0.2) is 0 Å². The van der Waals surface area contributed by atoms with Crippen molar-refractivity contribution in [3.63, 3.8) is 0 Å². The van der Waals surface area contributed by atoms with Crippen LogP contribution < -0.4 is 5.32 Å². The first-order valence-corrected chi connectivity index (χ1v) is 5.12. The third-order valence-corrected chi connectivity index (χ3v) is 4.07. The van der Waals surface area contributed by atoms with Crippen LogP contribution in [0.3, 0.4) is 0 Å². The van der Waals surface area contributed by atoms with E-state index < -0.39 is 0 Å². The van der Waals surface area contributed by atoms with Gasteiger partial charge >= 0.3 is 0 Å². The van der Waals surface area contributed by atoms with Gasteiger partial charge in [0.05, 0.1) is 11.8 Å². The van der Waals surface area contributed by atoms with E-state index in [-0.39, 0.29) is 23.7 Å². The van der Waals surface area contributed by atoms with Crippen molar-refractivity contribution >= 4 is 11.8 Å². The summed E-state index contributed by atoms with van der Waals surface area (Å²) in [5.41, 5.74) is 0. The summed E-state index contributed by atoms with van der Waals surface area (Å²) < 4.78 is 0. The predicted octanol–water partition coefficient (Wildman–Crippen LogP) is 0.695. The third kappa shape index (κ3) is 0.847. The Balaban J connectivity index is 2.00. The zero-order chi connectivity index (χ0) is 9.00. The van der Waals surface area contributed by atoms with Gasteiger partial charge < -0.3 is 0 Å². The molecule has 4 aliphatic rings. The molecule has 1 heterocycles. The van der Waals surface area contributed by atoms with Crippen LogP contribution in [0.2, 0.25) is 0 Å². The molecule has 2 atom stereocenters. The molecule has 1 aliphatic heterocycles. The molecular formula is C10H13NO2. The van der Waals surface area contributed by atoms with Crippen LogP contribution in [0.4, 0.5) is 0 Å². The number of nitrogens with one attached hydrogen (secondary N) is 1. The highest BCUT2D eigenvalue weighted by molar-refractivity contribution is 6.05. The second-order valence-electron chi connectivity index (χ2n) is 4.58. The Morgan fingerprint density at radius 1 is 0.846 bits per heavy atom. The van der Waals surface area contributed by atoms with Crippen LogP contribution in [-0.4, -0.2) is 11.8 Å². The number of rotatable bonds is 0. The van der Waals surface area contributed by atoms with Gasteiger partial charge in [-0.2, -0.15) is 0 Å². The average Bonchev–Trinajstić information content (AvgIpc) is 2.47. The zero-order valence-electron chi connectivity index (χ0n) is 7.45. The largest absolute Gasteiger partial charge is 0.296 e. The van der Waals surface area contributed by atoms with Crippen LogP contribution in [-0.2, 0) is 9.59 Å². The van der Waals surface area contributed by atoms with E-state index in [1.165, 1.54) is 0 Å². The van der Waals surface area contributed by atoms with E-state index in [9.17, 15) is 9.59 Å². The molecule has 2 bridgehead atoms. The van der Waals surface area contributed by atoms with E-state index in [0.29, 0.717) is 11.8 Å². The van der Waals surface area contributed by atoms with Gasteiger partial charge in [0.2, 0.25) is 11.8 Å². The van der Waals surface area contributed by atoms with Gasteiger partial charge in [0.15, 0.2) is 0 Å². The standard InChI is InChI=1S/C10H13NO2/c12-9-7-5-1-2-6(4-3-5)8(7)10(13)11-9/h5-8H,1-4H2,(H,11,12,13). The van der Waals surface area contributed by atoms with Crippen molar-refractivity contribution < 1.29 is 9.59 Å². The Labute approximate surface area is 76.9 Å². The lowest BCUT2D eigenvalue weighted by atomic mass is 9.59. The molecule has 4 rings (SSSR count). The highest BCUT2D eigenvalue weighted by Gasteiger charge is 2.54. The van der Waals surface area contributed by atoms with Crippen LogP contribution in [0.25, 0.3) is 0 Å². The maximum absolute atomic E-state index is 11.5. The maximum Gasteiger partial charge on any atom is 0.230 e. The minimum absolute atomic E-state index is 0.00407. The van der Waals surface area contributed by atoms with E-state index in [2.05, 4.69) is 5.32 Å². The normalized spacial score (nSPS) is 47.7. The third-order valence-electron chi connectivity index (χ3n) is 4.07. The first kappa shape index (κ1) is 7.54. The predicted molar refractivity (Wildman–Crippen MR) is 45.6 cm³/mol. The van der Waals surface area contributed by atoms with Gasteiger partial charge in [-0.15, -0.1) is 0 Å².